The first-order valence-corrected chi connectivity index (χ1v) is 9.52. The number of ether oxygens (including phenoxy) is 2. The number of nitrogens with one attached hydrogen (secondary N) is 1. The number of carbonyl (C=O) groups is 2. The van der Waals surface area contributed by atoms with Crippen LogP contribution in [0.3, 0.4) is 0 Å². The fraction of sp³-hybridized carbons (Fsp3) is 0.364. The predicted octanol–water partition coefficient (Wildman–Crippen LogP) is 2.55. The van der Waals surface area contributed by atoms with E-state index in [9.17, 15) is 9.59 Å². The van der Waals surface area contributed by atoms with E-state index in [4.69, 9.17) is 9.47 Å². The van der Waals surface area contributed by atoms with Crippen LogP contribution in [0.15, 0.2) is 48.5 Å². The van der Waals surface area contributed by atoms with E-state index >= 15 is 0 Å². The van der Waals surface area contributed by atoms with Crippen molar-refractivity contribution in [1.82, 2.24) is 10.2 Å². The van der Waals surface area contributed by atoms with Gasteiger partial charge in [0, 0.05) is 20.0 Å². The monoisotopic (exact) mass is 382 g/mol. The maximum absolute atomic E-state index is 12.9. The van der Waals surface area contributed by atoms with Gasteiger partial charge in [-0.1, -0.05) is 36.4 Å². The molecule has 0 unspecified atom stereocenters. The van der Waals surface area contributed by atoms with Crippen LogP contribution in [-0.2, 0) is 22.4 Å². The zero-order valence-electron chi connectivity index (χ0n) is 16.3. The summed E-state index contributed by atoms with van der Waals surface area (Å²) < 4.78 is 10.7. The van der Waals surface area contributed by atoms with Crippen LogP contribution >= 0.6 is 0 Å². The van der Waals surface area contributed by atoms with Gasteiger partial charge in [0.1, 0.15) is 6.04 Å². The van der Waals surface area contributed by atoms with Crippen LogP contribution in [0.25, 0.3) is 0 Å². The smallest absolute Gasteiger partial charge is 0.242 e. The Morgan fingerprint density at radius 2 is 1.79 bits per heavy atom. The van der Waals surface area contributed by atoms with Gasteiger partial charge < -0.3 is 19.7 Å². The van der Waals surface area contributed by atoms with E-state index in [1.165, 1.54) is 0 Å². The van der Waals surface area contributed by atoms with Crippen molar-refractivity contribution in [3.63, 3.8) is 0 Å². The Balaban J connectivity index is 1.64. The molecule has 6 heteroatoms. The highest BCUT2D eigenvalue weighted by atomic mass is 16.7. The largest absolute Gasteiger partial charge is 0.454 e. The molecule has 0 saturated heterocycles. The SMILES string of the molecule is CNC(=O)[C@H](C)N(CCc1ccccc1)C(=O)CCc1ccc2c(c1)OCO2. The molecule has 0 aliphatic carbocycles. The summed E-state index contributed by atoms with van der Waals surface area (Å²) in [5.74, 6) is 1.24. The fourth-order valence-corrected chi connectivity index (χ4v) is 3.27. The van der Waals surface area contributed by atoms with Crippen LogP contribution in [-0.4, -0.2) is 43.1 Å². The van der Waals surface area contributed by atoms with Gasteiger partial charge in [-0.3, -0.25) is 9.59 Å². The summed E-state index contributed by atoms with van der Waals surface area (Å²) in [5.41, 5.74) is 2.15. The molecule has 2 aromatic carbocycles. The summed E-state index contributed by atoms with van der Waals surface area (Å²) in [6.07, 6.45) is 1.62. The molecular weight excluding hydrogens is 356 g/mol. The number of rotatable bonds is 8. The average molecular weight is 382 g/mol. The van der Waals surface area contributed by atoms with E-state index in [1.807, 2.05) is 48.5 Å². The summed E-state index contributed by atoms with van der Waals surface area (Å²) in [5, 5.41) is 2.64. The van der Waals surface area contributed by atoms with E-state index < -0.39 is 6.04 Å². The molecule has 1 aliphatic heterocycles. The summed E-state index contributed by atoms with van der Waals surface area (Å²) in [6, 6.07) is 15.2. The zero-order chi connectivity index (χ0) is 19.9. The highest BCUT2D eigenvalue weighted by Gasteiger charge is 2.25. The Kier molecular flexibility index (Phi) is 6.53. The third-order valence-corrected chi connectivity index (χ3v) is 4.96. The topological polar surface area (TPSA) is 67.9 Å². The number of likely N-dealkylation sites (N-methyl/N-ethyl adjacent to an activating group) is 1. The molecule has 3 rings (SSSR count). The van der Waals surface area contributed by atoms with Gasteiger partial charge in [-0.05, 0) is 43.0 Å². The third kappa shape index (κ3) is 4.82. The molecule has 1 aliphatic rings. The molecule has 1 heterocycles. The molecule has 0 aromatic heterocycles. The van der Waals surface area contributed by atoms with Gasteiger partial charge in [-0.25, -0.2) is 0 Å². The number of carbonyl (C=O) groups excluding carboxylic acids is 2. The molecule has 2 amide bonds. The fourth-order valence-electron chi connectivity index (χ4n) is 3.27. The minimum absolute atomic E-state index is 0.0373. The first-order chi connectivity index (χ1) is 13.6. The maximum Gasteiger partial charge on any atom is 0.242 e. The lowest BCUT2D eigenvalue weighted by atomic mass is 10.1. The predicted molar refractivity (Wildman–Crippen MR) is 106 cm³/mol. The lowest BCUT2D eigenvalue weighted by Crippen LogP contribution is -2.48. The summed E-state index contributed by atoms with van der Waals surface area (Å²) >= 11 is 0. The Hall–Kier alpha value is -3.02. The summed E-state index contributed by atoms with van der Waals surface area (Å²) in [7, 11) is 1.59. The van der Waals surface area contributed by atoms with Crippen LogP contribution in [0.4, 0.5) is 0 Å². The lowest BCUT2D eigenvalue weighted by molar-refractivity contribution is -0.139. The van der Waals surface area contributed by atoms with Crippen molar-refractivity contribution < 1.29 is 19.1 Å². The first-order valence-electron chi connectivity index (χ1n) is 9.52. The number of aryl methyl sites for hydroxylation is 1. The molecular formula is C22H26N2O4. The van der Waals surface area contributed by atoms with Gasteiger partial charge in [0.05, 0.1) is 0 Å². The van der Waals surface area contributed by atoms with Crippen LogP contribution in [0.2, 0.25) is 0 Å². The zero-order valence-corrected chi connectivity index (χ0v) is 16.3. The minimum Gasteiger partial charge on any atom is -0.454 e. The van der Waals surface area contributed by atoms with Crippen LogP contribution in [0.1, 0.15) is 24.5 Å². The summed E-state index contributed by atoms with van der Waals surface area (Å²) in [4.78, 5) is 26.7. The van der Waals surface area contributed by atoms with Crippen molar-refractivity contribution in [2.24, 2.45) is 0 Å². The number of amides is 2. The number of hydrogen-bond donors (Lipinski definition) is 1. The van der Waals surface area contributed by atoms with E-state index in [2.05, 4.69) is 5.32 Å². The van der Waals surface area contributed by atoms with Crippen LogP contribution < -0.4 is 14.8 Å². The second kappa shape index (κ2) is 9.26. The van der Waals surface area contributed by atoms with Gasteiger partial charge in [0.2, 0.25) is 18.6 Å². The molecule has 1 N–H and O–H groups in total. The van der Waals surface area contributed by atoms with Crippen LogP contribution in [0.5, 0.6) is 11.5 Å². The van der Waals surface area contributed by atoms with Crippen molar-refractivity contribution in [1.29, 1.82) is 0 Å². The van der Waals surface area contributed by atoms with Gasteiger partial charge in [0.25, 0.3) is 0 Å². The second-order valence-corrected chi connectivity index (χ2v) is 6.80. The van der Waals surface area contributed by atoms with Crippen molar-refractivity contribution in [2.75, 3.05) is 20.4 Å². The summed E-state index contributed by atoms with van der Waals surface area (Å²) in [6.45, 7) is 2.50. The molecule has 0 bridgehead atoms. The molecule has 2 aromatic rings. The lowest BCUT2D eigenvalue weighted by Gasteiger charge is -2.28. The molecule has 0 radical (unpaired) electrons. The Bertz CT molecular complexity index is 823. The molecule has 148 valence electrons. The normalized spacial score (nSPS) is 13.1. The Morgan fingerprint density at radius 3 is 2.54 bits per heavy atom. The molecule has 6 nitrogen and oxygen atoms in total. The highest BCUT2D eigenvalue weighted by molar-refractivity contribution is 5.87. The molecule has 0 spiro atoms. The maximum atomic E-state index is 12.9. The van der Waals surface area contributed by atoms with Crippen molar-refractivity contribution >= 4 is 11.8 Å². The number of fused-ring (bicyclic) bond motifs is 1. The van der Waals surface area contributed by atoms with E-state index in [0.29, 0.717) is 31.6 Å². The van der Waals surface area contributed by atoms with Crippen LogP contribution in [0, 0.1) is 0 Å². The van der Waals surface area contributed by atoms with Crippen molar-refractivity contribution in [3.8, 4) is 11.5 Å². The molecule has 0 fully saturated rings. The Labute approximate surface area is 165 Å². The number of benzene rings is 2. The standard InChI is InChI=1S/C22H26N2O4/c1-16(22(26)23-2)24(13-12-17-6-4-3-5-7-17)21(25)11-9-18-8-10-19-20(14-18)28-15-27-19/h3-8,10,14,16H,9,11-13,15H2,1-2H3,(H,23,26)/t16-/m0/s1. The third-order valence-electron chi connectivity index (χ3n) is 4.96. The highest BCUT2D eigenvalue weighted by Crippen LogP contribution is 2.32. The van der Waals surface area contributed by atoms with E-state index in [0.717, 1.165) is 16.9 Å². The van der Waals surface area contributed by atoms with E-state index in [-0.39, 0.29) is 18.6 Å². The van der Waals surface area contributed by atoms with Crippen molar-refractivity contribution in [3.05, 3.63) is 59.7 Å². The molecule has 0 saturated carbocycles. The quantitative estimate of drug-likeness (QED) is 0.762. The molecule has 1 atom stereocenters. The number of hydrogen-bond acceptors (Lipinski definition) is 4. The van der Waals surface area contributed by atoms with Gasteiger partial charge in [-0.15, -0.1) is 0 Å². The van der Waals surface area contributed by atoms with Gasteiger partial charge in [-0.2, -0.15) is 0 Å². The Morgan fingerprint density at radius 1 is 1.04 bits per heavy atom. The molecule has 28 heavy (non-hydrogen) atoms. The number of nitrogens with zero attached hydrogens (tertiary/aromatic N) is 1. The van der Waals surface area contributed by atoms with E-state index in [1.54, 1.807) is 18.9 Å². The second-order valence-electron chi connectivity index (χ2n) is 6.80. The first kappa shape index (κ1) is 19.7. The minimum atomic E-state index is -0.516. The van der Waals surface area contributed by atoms with Crippen molar-refractivity contribution in [2.45, 2.75) is 32.2 Å². The van der Waals surface area contributed by atoms with Gasteiger partial charge >= 0.3 is 0 Å². The average Bonchev–Trinajstić information content (AvgIpc) is 3.20. The van der Waals surface area contributed by atoms with Gasteiger partial charge in [0.15, 0.2) is 11.5 Å².